The quantitative estimate of drug-likeness (QED) is 0.365. The van der Waals surface area contributed by atoms with Gasteiger partial charge in [0.2, 0.25) is 5.78 Å². The van der Waals surface area contributed by atoms with Crippen LogP contribution < -0.4 is 4.74 Å². The third-order valence-corrected chi connectivity index (χ3v) is 4.19. The summed E-state index contributed by atoms with van der Waals surface area (Å²) >= 11 is 0. The van der Waals surface area contributed by atoms with Crippen molar-refractivity contribution < 1.29 is 18.9 Å². The maximum Gasteiger partial charge on any atom is 0.310 e. The van der Waals surface area contributed by atoms with E-state index in [0.29, 0.717) is 12.1 Å². The van der Waals surface area contributed by atoms with Gasteiger partial charge in [-0.3, -0.25) is 14.9 Å². The second-order valence-corrected chi connectivity index (χ2v) is 5.89. The number of hydrogen-bond donors (Lipinski definition) is 0. The smallest absolute Gasteiger partial charge is 0.310 e. The fraction of sp³-hybridized carbons (Fsp3) is 0.211. The van der Waals surface area contributed by atoms with E-state index < -0.39 is 4.92 Å². The molecule has 0 atom stereocenters. The molecule has 0 bridgehead atoms. The zero-order chi connectivity index (χ0) is 18.7. The van der Waals surface area contributed by atoms with Crippen molar-refractivity contribution in [1.82, 2.24) is 4.57 Å². The van der Waals surface area contributed by atoms with Crippen LogP contribution in [-0.2, 0) is 6.54 Å². The van der Waals surface area contributed by atoms with Crippen molar-refractivity contribution in [2.24, 2.45) is 0 Å². The highest BCUT2D eigenvalue weighted by Gasteiger charge is 2.19. The van der Waals surface area contributed by atoms with Crippen LogP contribution in [0, 0.1) is 24.0 Å². The zero-order valence-electron chi connectivity index (χ0n) is 14.5. The first-order chi connectivity index (χ1) is 12.5. The van der Waals surface area contributed by atoms with Crippen molar-refractivity contribution in [3.63, 3.8) is 0 Å². The second kappa shape index (κ2) is 7.26. The van der Waals surface area contributed by atoms with Crippen molar-refractivity contribution >= 4 is 11.5 Å². The van der Waals surface area contributed by atoms with Crippen LogP contribution in [0.25, 0.3) is 0 Å². The Morgan fingerprint density at radius 3 is 2.69 bits per heavy atom. The molecule has 0 saturated carbocycles. The van der Waals surface area contributed by atoms with E-state index in [1.807, 2.05) is 30.5 Å². The number of nitrogens with zero attached hydrogens (tertiary/aromatic N) is 2. The molecule has 0 saturated heterocycles. The largest absolute Gasteiger partial charge is 0.478 e. The van der Waals surface area contributed by atoms with Crippen LogP contribution in [0.4, 0.5) is 5.69 Å². The van der Waals surface area contributed by atoms with E-state index in [2.05, 4.69) is 0 Å². The van der Waals surface area contributed by atoms with Gasteiger partial charge in [0.25, 0.3) is 0 Å². The average molecular weight is 354 g/mol. The number of nitro benzene ring substituents is 1. The standard InChI is InChI=1S/C19H18N2O5/c1-13-10-16(14(2)20(13)11-15-6-5-9-25-15)18(22)12-26-19-8-4-3-7-17(19)21(23)24/h3-10H,11-12H2,1-2H3. The molecule has 0 N–H and O–H groups in total. The molecular weight excluding hydrogens is 336 g/mol. The third kappa shape index (κ3) is 3.51. The van der Waals surface area contributed by atoms with Gasteiger partial charge in [0, 0.05) is 23.0 Å². The summed E-state index contributed by atoms with van der Waals surface area (Å²) in [7, 11) is 0. The van der Waals surface area contributed by atoms with Crippen LogP contribution in [0.15, 0.2) is 53.1 Å². The number of carbonyl (C=O) groups is 1. The summed E-state index contributed by atoms with van der Waals surface area (Å²) in [6.45, 7) is 4.03. The lowest BCUT2D eigenvalue weighted by molar-refractivity contribution is -0.385. The Balaban J connectivity index is 1.76. The Morgan fingerprint density at radius 1 is 1.23 bits per heavy atom. The van der Waals surface area contributed by atoms with Crippen molar-refractivity contribution in [2.75, 3.05) is 6.61 Å². The van der Waals surface area contributed by atoms with E-state index in [-0.39, 0.29) is 23.8 Å². The summed E-state index contributed by atoms with van der Waals surface area (Å²) in [5.41, 5.74) is 2.10. The lowest BCUT2D eigenvalue weighted by Crippen LogP contribution is -2.13. The molecule has 0 aliphatic carbocycles. The predicted octanol–water partition coefficient (Wildman–Crippen LogP) is 3.92. The molecular formula is C19H18N2O5. The number of aromatic nitrogens is 1. The first kappa shape index (κ1) is 17.5. The van der Waals surface area contributed by atoms with Gasteiger partial charge in [-0.05, 0) is 38.1 Å². The Kier molecular flexibility index (Phi) is 4.88. The Labute approximate surface area is 150 Å². The van der Waals surface area contributed by atoms with Crippen LogP contribution in [-0.4, -0.2) is 21.9 Å². The fourth-order valence-corrected chi connectivity index (χ4v) is 2.84. The highest BCUT2D eigenvalue weighted by Crippen LogP contribution is 2.26. The van der Waals surface area contributed by atoms with Gasteiger partial charge in [-0.1, -0.05) is 12.1 Å². The van der Waals surface area contributed by atoms with Crippen molar-refractivity contribution in [1.29, 1.82) is 0 Å². The van der Waals surface area contributed by atoms with E-state index in [4.69, 9.17) is 9.15 Å². The monoisotopic (exact) mass is 354 g/mol. The van der Waals surface area contributed by atoms with E-state index in [1.54, 1.807) is 24.5 Å². The van der Waals surface area contributed by atoms with Crippen molar-refractivity contribution in [3.8, 4) is 5.75 Å². The zero-order valence-corrected chi connectivity index (χ0v) is 14.5. The van der Waals surface area contributed by atoms with Gasteiger partial charge in [0.05, 0.1) is 17.7 Å². The minimum atomic E-state index is -0.533. The summed E-state index contributed by atoms with van der Waals surface area (Å²) in [4.78, 5) is 23.0. The number of furan rings is 1. The maximum atomic E-state index is 12.6. The minimum absolute atomic E-state index is 0.0789. The lowest BCUT2D eigenvalue weighted by Gasteiger charge is -2.08. The molecule has 7 nitrogen and oxygen atoms in total. The number of aryl methyl sites for hydroxylation is 1. The molecule has 0 unspecified atom stereocenters. The van der Waals surface area contributed by atoms with Gasteiger partial charge in [0.15, 0.2) is 12.4 Å². The highest BCUT2D eigenvalue weighted by molar-refractivity contribution is 5.98. The lowest BCUT2D eigenvalue weighted by atomic mass is 10.1. The number of ketones is 1. The van der Waals surface area contributed by atoms with Crippen LogP contribution >= 0.6 is 0 Å². The molecule has 7 heteroatoms. The first-order valence-electron chi connectivity index (χ1n) is 8.06. The minimum Gasteiger partial charge on any atom is -0.478 e. The maximum absolute atomic E-state index is 12.6. The third-order valence-electron chi connectivity index (χ3n) is 4.19. The van der Waals surface area contributed by atoms with Gasteiger partial charge in [0.1, 0.15) is 5.76 Å². The molecule has 134 valence electrons. The second-order valence-electron chi connectivity index (χ2n) is 5.89. The van der Waals surface area contributed by atoms with Gasteiger partial charge >= 0.3 is 5.69 Å². The number of nitro groups is 1. The summed E-state index contributed by atoms with van der Waals surface area (Å²) in [5.74, 6) is 0.638. The summed E-state index contributed by atoms with van der Waals surface area (Å²) < 4.78 is 12.8. The van der Waals surface area contributed by atoms with Crippen molar-refractivity contribution in [2.45, 2.75) is 20.4 Å². The fourth-order valence-electron chi connectivity index (χ4n) is 2.84. The van der Waals surface area contributed by atoms with E-state index in [9.17, 15) is 14.9 Å². The first-order valence-corrected chi connectivity index (χ1v) is 8.06. The highest BCUT2D eigenvalue weighted by atomic mass is 16.6. The summed E-state index contributed by atoms with van der Waals surface area (Å²) in [5, 5.41) is 11.0. The number of rotatable bonds is 7. The Morgan fingerprint density at radius 2 is 2.00 bits per heavy atom. The molecule has 0 radical (unpaired) electrons. The topological polar surface area (TPSA) is 87.5 Å². The Bertz CT molecular complexity index is 941. The number of ether oxygens (including phenoxy) is 1. The number of carbonyl (C=O) groups excluding carboxylic acids is 1. The molecule has 3 rings (SSSR count). The molecule has 0 aliphatic heterocycles. The molecule has 3 aromatic rings. The predicted molar refractivity (Wildman–Crippen MR) is 94.6 cm³/mol. The van der Waals surface area contributed by atoms with Crippen LogP contribution in [0.3, 0.4) is 0 Å². The molecule has 2 heterocycles. The summed E-state index contributed by atoms with van der Waals surface area (Å²) in [6.07, 6.45) is 1.61. The van der Waals surface area contributed by atoms with Gasteiger partial charge < -0.3 is 13.7 Å². The molecule has 0 spiro atoms. The SMILES string of the molecule is Cc1cc(C(=O)COc2ccccc2[N+](=O)[O-])c(C)n1Cc1ccco1. The van der Waals surface area contributed by atoms with E-state index in [1.165, 1.54) is 12.1 Å². The molecule has 0 aliphatic rings. The Hall–Kier alpha value is -3.35. The average Bonchev–Trinajstić information content (AvgIpc) is 3.23. The number of para-hydroxylation sites is 2. The summed E-state index contributed by atoms with van der Waals surface area (Å²) in [6, 6.07) is 11.5. The van der Waals surface area contributed by atoms with E-state index in [0.717, 1.165) is 17.1 Å². The van der Waals surface area contributed by atoms with E-state index >= 15 is 0 Å². The van der Waals surface area contributed by atoms with Crippen LogP contribution in [0.2, 0.25) is 0 Å². The number of hydrogen-bond acceptors (Lipinski definition) is 5. The number of benzene rings is 1. The van der Waals surface area contributed by atoms with Crippen molar-refractivity contribution in [3.05, 3.63) is 81.6 Å². The van der Waals surface area contributed by atoms with Crippen LogP contribution in [0.1, 0.15) is 27.5 Å². The number of Topliss-reactive ketones (excluding diaryl/α,β-unsaturated/α-hetero) is 1. The molecule has 26 heavy (non-hydrogen) atoms. The van der Waals surface area contributed by atoms with Gasteiger partial charge in [-0.2, -0.15) is 0 Å². The van der Waals surface area contributed by atoms with Crippen LogP contribution in [0.5, 0.6) is 5.75 Å². The molecule has 2 aromatic heterocycles. The molecule has 0 amide bonds. The molecule has 1 aromatic carbocycles. The molecule has 0 fully saturated rings. The normalized spacial score (nSPS) is 10.7. The van der Waals surface area contributed by atoms with Gasteiger partial charge in [-0.15, -0.1) is 0 Å². The van der Waals surface area contributed by atoms with Gasteiger partial charge in [-0.25, -0.2) is 0 Å².